The van der Waals surface area contributed by atoms with Gasteiger partial charge in [-0.1, -0.05) is 121 Å². The summed E-state index contributed by atoms with van der Waals surface area (Å²) in [5.41, 5.74) is 11.2. The molecule has 10 aromatic rings. The van der Waals surface area contributed by atoms with Crippen molar-refractivity contribution in [3.63, 3.8) is 0 Å². The Bertz CT molecular complexity index is 3030. The Morgan fingerprint density at radius 3 is 1.68 bits per heavy atom. The van der Waals surface area contributed by atoms with Gasteiger partial charge in [0.2, 0.25) is 0 Å². The number of hydrogen-bond acceptors (Lipinski definition) is 2. The Morgan fingerprint density at radius 2 is 0.980 bits per heavy atom. The van der Waals surface area contributed by atoms with Crippen LogP contribution in [0.2, 0.25) is 0 Å². The van der Waals surface area contributed by atoms with Crippen LogP contribution in [0.15, 0.2) is 167 Å². The van der Waals surface area contributed by atoms with Crippen molar-refractivity contribution in [1.29, 1.82) is 0 Å². The molecule has 0 saturated carbocycles. The highest BCUT2D eigenvalue weighted by Crippen LogP contribution is 2.45. The van der Waals surface area contributed by atoms with Crippen molar-refractivity contribution < 1.29 is 8.83 Å². The van der Waals surface area contributed by atoms with Gasteiger partial charge in [0.15, 0.2) is 0 Å². The molecule has 2 heteroatoms. The van der Waals surface area contributed by atoms with E-state index in [-0.39, 0.29) is 0 Å². The topological polar surface area (TPSA) is 26.3 Å². The van der Waals surface area contributed by atoms with Gasteiger partial charge in [0.25, 0.3) is 0 Å². The number of fused-ring (bicyclic) bond motifs is 11. The number of hydrogen-bond donors (Lipinski definition) is 0. The maximum absolute atomic E-state index is 6.50. The van der Waals surface area contributed by atoms with Crippen LogP contribution in [0.25, 0.3) is 104 Å². The number of furan rings is 2. The van der Waals surface area contributed by atoms with Crippen molar-refractivity contribution in [2.45, 2.75) is 12.8 Å². The van der Waals surface area contributed by atoms with E-state index in [2.05, 4.69) is 146 Å². The molecule has 0 fully saturated rings. The number of allylic oxidation sites excluding steroid dienone is 4. The first kappa shape index (κ1) is 27.6. The molecule has 234 valence electrons. The summed E-state index contributed by atoms with van der Waals surface area (Å²) in [7, 11) is 0. The number of para-hydroxylation sites is 1. The molecule has 0 spiro atoms. The first-order valence-electron chi connectivity index (χ1n) is 17.4. The van der Waals surface area contributed by atoms with E-state index in [1.54, 1.807) is 0 Å². The molecule has 0 aliphatic heterocycles. The standard InChI is InChI=1S/C48H30O2/c1-2-11-29(12-3-1)44-34-15-4-6-17-36(34)45(37-18-7-5-16-35(37)44)33-14-10-13-31(27-33)32-23-24-41-39(28-32)48-43(50-41)26-22-30-21-25-42-47(46(30)48)38-19-8-9-20-40(38)49-42/h1-2,4-11,13-28H,3,12H2. The van der Waals surface area contributed by atoms with Gasteiger partial charge >= 0.3 is 0 Å². The van der Waals surface area contributed by atoms with Crippen LogP contribution in [0.1, 0.15) is 18.4 Å². The second-order valence-electron chi connectivity index (χ2n) is 13.5. The third-order valence-electron chi connectivity index (χ3n) is 10.7. The molecule has 0 bridgehead atoms. The highest BCUT2D eigenvalue weighted by molar-refractivity contribution is 6.31. The first-order valence-corrected chi connectivity index (χ1v) is 17.4. The van der Waals surface area contributed by atoms with Crippen molar-refractivity contribution >= 4 is 81.8 Å². The quantitative estimate of drug-likeness (QED) is 0.180. The lowest BCUT2D eigenvalue weighted by molar-refractivity contribution is 0.669. The lowest BCUT2D eigenvalue weighted by atomic mass is 9.83. The van der Waals surface area contributed by atoms with E-state index >= 15 is 0 Å². The average Bonchev–Trinajstić information content (AvgIpc) is 3.75. The molecule has 0 unspecified atom stereocenters. The summed E-state index contributed by atoms with van der Waals surface area (Å²) < 4.78 is 12.8. The van der Waals surface area contributed by atoms with Crippen LogP contribution in [0.4, 0.5) is 0 Å². The second kappa shape index (κ2) is 10.6. The number of rotatable bonds is 3. The highest BCUT2D eigenvalue weighted by atomic mass is 16.3. The highest BCUT2D eigenvalue weighted by Gasteiger charge is 2.20. The summed E-state index contributed by atoms with van der Waals surface area (Å²) in [6.07, 6.45) is 8.91. The Kier molecular flexibility index (Phi) is 5.82. The summed E-state index contributed by atoms with van der Waals surface area (Å²) >= 11 is 0. The van der Waals surface area contributed by atoms with E-state index in [1.807, 2.05) is 12.1 Å². The monoisotopic (exact) mass is 638 g/mol. The molecule has 50 heavy (non-hydrogen) atoms. The average molecular weight is 639 g/mol. The zero-order valence-electron chi connectivity index (χ0n) is 27.2. The third kappa shape index (κ3) is 3.96. The van der Waals surface area contributed by atoms with Gasteiger partial charge in [0.05, 0.1) is 0 Å². The molecule has 0 amide bonds. The molecular weight excluding hydrogens is 609 g/mol. The van der Waals surface area contributed by atoms with E-state index < -0.39 is 0 Å². The second-order valence-corrected chi connectivity index (χ2v) is 13.5. The molecule has 1 aliphatic rings. The first-order chi connectivity index (χ1) is 24.8. The van der Waals surface area contributed by atoms with E-state index in [1.165, 1.54) is 60.1 Å². The minimum atomic E-state index is 0.886. The summed E-state index contributed by atoms with van der Waals surface area (Å²) in [6.45, 7) is 0. The Hall–Kier alpha value is -6.38. The van der Waals surface area contributed by atoms with Gasteiger partial charge < -0.3 is 8.83 Å². The molecule has 11 rings (SSSR count). The maximum Gasteiger partial charge on any atom is 0.136 e. The van der Waals surface area contributed by atoms with Crippen LogP contribution >= 0.6 is 0 Å². The van der Waals surface area contributed by atoms with Crippen LogP contribution < -0.4 is 0 Å². The van der Waals surface area contributed by atoms with Gasteiger partial charge in [0.1, 0.15) is 22.3 Å². The normalized spacial score (nSPS) is 13.5. The molecule has 1 aliphatic carbocycles. The fourth-order valence-corrected chi connectivity index (χ4v) is 8.53. The van der Waals surface area contributed by atoms with Crippen LogP contribution in [0.3, 0.4) is 0 Å². The van der Waals surface area contributed by atoms with Crippen molar-refractivity contribution in [2.75, 3.05) is 0 Å². The fraction of sp³-hybridized carbons (Fsp3) is 0.0417. The Morgan fingerprint density at radius 1 is 0.400 bits per heavy atom. The zero-order chi connectivity index (χ0) is 32.8. The van der Waals surface area contributed by atoms with Gasteiger partial charge in [-0.15, -0.1) is 0 Å². The summed E-state index contributed by atoms with van der Waals surface area (Å²) in [5, 5.41) is 12.1. The molecule has 0 saturated heterocycles. The van der Waals surface area contributed by atoms with Crippen molar-refractivity contribution in [3.8, 4) is 22.3 Å². The van der Waals surface area contributed by atoms with Gasteiger partial charge in [-0.2, -0.15) is 0 Å². The largest absolute Gasteiger partial charge is 0.456 e. The van der Waals surface area contributed by atoms with Crippen molar-refractivity contribution in [3.05, 3.63) is 163 Å². The predicted octanol–water partition coefficient (Wildman–Crippen LogP) is 14.0. The van der Waals surface area contributed by atoms with Crippen molar-refractivity contribution in [1.82, 2.24) is 0 Å². The number of benzene rings is 8. The predicted molar refractivity (Wildman–Crippen MR) is 211 cm³/mol. The Balaban J connectivity index is 1.15. The van der Waals surface area contributed by atoms with Gasteiger partial charge in [-0.25, -0.2) is 0 Å². The van der Waals surface area contributed by atoms with E-state index in [0.29, 0.717) is 0 Å². The van der Waals surface area contributed by atoms with Crippen LogP contribution in [0, 0.1) is 0 Å². The molecule has 0 N–H and O–H groups in total. The van der Waals surface area contributed by atoms with Gasteiger partial charge in [-0.05, 0) is 110 Å². The summed E-state index contributed by atoms with van der Waals surface area (Å²) in [6, 6.07) is 50.4. The van der Waals surface area contributed by atoms with Gasteiger partial charge in [0, 0.05) is 26.9 Å². The van der Waals surface area contributed by atoms with Crippen LogP contribution in [-0.4, -0.2) is 0 Å². The minimum Gasteiger partial charge on any atom is -0.456 e. The maximum atomic E-state index is 6.50. The van der Waals surface area contributed by atoms with Gasteiger partial charge in [-0.3, -0.25) is 0 Å². The molecular formula is C48H30O2. The third-order valence-corrected chi connectivity index (χ3v) is 10.7. The minimum absolute atomic E-state index is 0.886. The molecule has 8 aromatic carbocycles. The van der Waals surface area contributed by atoms with Crippen LogP contribution in [-0.2, 0) is 0 Å². The molecule has 0 atom stereocenters. The lowest BCUT2D eigenvalue weighted by Crippen LogP contribution is -1.95. The van der Waals surface area contributed by atoms with E-state index in [4.69, 9.17) is 8.83 Å². The summed E-state index contributed by atoms with van der Waals surface area (Å²) in [4.78, 5) is 0. The molecule has 2 heterocycles. The fourth-order valence-electron chi connectivity index (χ4n) is 8.53. The van der Waals surface area contributed by atoms with E-state index in [0.717, 1.165) is 62.3 Å². The zero-order valence-corrected chi connectivity index (χ0v) is 27.2. The smallest absolute Gasteiger partial charge is 0.136 e. The summed E-state index contributed by atoms with van der Waals surface area (Å²) in [5.74, 6) is 0. The molecule has 2 nitrogen and oxygen atoms in total. The van der Waals surface area contributed by atoms with Crippen molar-refractivity contribution in [2.24, 2.45) is 0 Å². The van der Waals surface area contributed by atoms with Crippen LogP contribution in [0.5, 0.6) is 0 Å². The SMILES string of the molecule is C1=CCCC(c2c3ccccc3c(-c3cccc(-c4ccc5oc6ccc7ccc8oc9ccccc9c8c7c6c5c4)c3)c3ccccc23)=C1. The van der Waals surface area contributed by atoms with E-state index in [9.17, 15) is 0 Å². The molecule has 0 radical (unpaired) electrons. The molecule has 2 aromatic heterocycles. The Labute approximate surface area is 288 Å². The lowest BCUT2D eigenvalue weighted by Gasteiger charge is -2.20.